The first-order valence-electron chi connectivity index (χ1n) is 28.1. The number of hydrogen-bond acceptors (Lipinski definition) is 0. The van der Waals surface area contributed by atoms with Crippen molar-refractivity contribution in [2.45, 2.75) is 5.41 Å². The average Bonchev–Trinajstić information content (AvgIpc) is 3.95. The molecule has 13 aromatic carbocycles. The molecule has 0 spiro atoms. The molecule has 0 saturated heterocycles. The van der Waals surface area contributed by atoms with Crippen LogP contribution < -0.4 is 0 Å². The maximum absolute atomic E-state index is 2.42. The molecule has 0 amide bonds. The number of para-hydroxylation sites is 2. The molecule has 2 heteroatoms. The fraction of sp³-hybridized carbons (Fsp3) is 0.0127. The number of hydrogen-bond donors (Lipinski definition) is 0. The summed E-state index contributed by atoms with van der Waals surface area (Å²) in [6.07, 6.45) is 0. The summed E-state index contributed by atoms with van der Waals surface area (Å²) in [7, 11) is 0. The molecule has 2 nitrogen and oxygen atoms in total. The van der Waals surface area contributed by atoms with Crippen molar-refractivity contribution in [1.29, 1.82) is 0 Å². The third-order valence-electron chi connectivity index (χ3n) is 17.2. The number of fused-ring (bicyclic) bond motifs is 9. The lowest BCUT2D eigenvalue weighted by Crippen LogP contribution is -2.28. The molecule has 1 aliphatic rings. The van der Waals surface area contributed by atoms with Crippen molar-refractivity contribution in [2.75, 3.05) is 0 Å². The van der Waals surface area contributed by atoms with E-state index in [1.165, 1.54) is 133 Å². The second-order valence-corrected chi connectivity index (χ2v) is 21.6. The molecule has 0 unspecified atom stereocenters. The Morgan fingerprint density at radius 2 is 0.531 bits per heavy atom. The van der Waals surface area contributed by atoms with Crippen LogP contribution in [0.3, 0.4) is 0 Å². The van der Waals surface area contributed by atoms with Crippen molar-refractivity contribution in [2.24, 2.45) is 0 Å². The second kappa shape index (κ2) is 18.8. The van der Waals surface area contributed by atoms with Crippen LogP contribution in [0.1, 0.15) is 22.3 Å². The predicted molar refractivity (Wildman–Crippen MR) is 340 cm³/mol. The van der Waals surface area contributed by atoms with Crippen LogP contribution in [0, 0.1) is 0 Å². The number of nitrogens with zero attached hydrogens (tertiary/aromatic N) is 2. The highest BCUT2D eigenvalue weighted by Crippen LogP contribution is 2.56. The molecule has 0 bridgehead atoms. The Morgan fingerprint density at radius 1 is 0.198 bits per heavy atom. The molecule has 1 aliphatic carbocycles. The first-order valence-corrected chi connectivity index (χ1v) is 28.1. The zero-order chi connectivity index (χ0) is 53.4. The maximum atomic E-state index is 2.42. The Balaban J connectivity index is 0.692. The van der Waals surface area contributed by atoms with E-state index in [2.05, 4.69) is 325 Å². The summed E-state index contributed by atoms with van der Waals surface area (Å²) in [6.45, 7) is 0. The minimum atomic E-state index is -0.433. The Hall–Kier alpha value is -10.5. The van der Waals surface area contributed by atoms with E-state index in [-0.39, 0.29) is 0 Å². The lowest BCUT2D eigenvalue weighted by atomic mass is 9.67. The van der Waals surface area contributed by atoms with Gasteiger partial charge in [-0.1, -0.05) is 243 Å². The average molecular weight is 1030 g/mol. The predicted octanol–water partition coefficient (Wildman–Crippen LogP) is 20.6. The fourth-order valence-electron chi connectivity index (χ4n) is 13.5. The number of aromatic nitrogens is 2. The van der Waals surface area contributed by atoms with Crippen molar-refractivity contribution in [3.63, 3.8) is 0 Å². The van der Waals surface area contributed by atoms with E-state index < -0.39 is 5.41 Å². The smallest absolute Gasteiger partial charge is 0.0713 e. The molecule has 15 aromatic rings. The van der Waals surface area contributed by atoms with Crippen LogP contribution in [0.4, 0.5) is 0 Å². The maximum Gasteiger partial charge on any atom is 0.0713 e. The van der Waals surface area contributed by atoms with E-state index in [4.69, 9.17) is 0 Å². The topological polar surface area (TPSA) is 9.86 Å². The van der Waals surface area contributed by atoms with E-state index >= 15 is 0 Å². The highest BCUT2D eigenvalue weighted by Gasteiger charge is 2.46. The van der Waals surface area contributed by atoms with Gasteiger partial charge in [0.15, 0.2) is 0 Å². The minimum Gasteiger partial charge on any atom is -0.309 e. The van der Waals surface area contributed by atoms with Crippen LogP contribution in [0.2, 0.25) is 0 Å². The zero-order valence-corrected chi connectivity index (χ0v) is 44.4. The lowest BCUT2D eigenvalue weighted by molar-refractivity contribution is 0.769. The van der Waals surface area contributed by atoms with Gasteiger partial charge in [0.05, 0.1) is 27.5 Å². The Morgan fingerprint density at radius 3 is 1.05 bits per heavy atom. The summed E-state index contributed by atoms with van der Waals surface area (Å²) in [6, 6.07) is 116. The van der Waals surface area contributed by atoms with Crippen LogP contribution in [0.25, 0.3) is 122 Å². The Kier molecular flexibility index (Phi) is 10.8. The van der Waals surface area contributed by atoms with E-state index in [0.717, 1.165) is 11.4 Å². The second-order valence-electron chi connectivity index (χ2n) is 21.6. The van der Waals surface area contributed by atoms with Crippen molar-refractivity contribution in [1.82, 2.24) is 9.13 Å². The summed E-state index contributed by atoms with van der Waals surface area (Å²) >= 11 is 0. The summed E-state index contributed by atoms with van der Waals surface area (Å²) in [5.41, 5.74) is 26.4. The lowest BCUT2D eigenvalue weighted by Gasteiger charge is -2.34. The van der Waals surface area contributed by atoms with Gasteiger partial charge in [-0.25, -0.2) is 0 Å². The molecular weight excluding hydrogens is 977 g/mol. The van der Waals surface area contributed by atoms with Gasteiger partial charge in [-0.05, 0) is 162 Å². The highest BCUT2D eigenvalue weighted by atomic mass is 15.0. The van der Waals surface area contributed by atoms with Crippen LogP contribution >= 0.6 is 0 Å². The highest BCUT2D eigenvalue weighted by molar-refractivity contribution is 6.13. The van der Waals surface area contributed by atoms with Gasteiger partial charge in [0.25, 0.3) is 0 Å². The summed E-state index contributed by atoms with van der Waals surface area (Å²) in [4.78, 5) is 0. The number of rotatable bonds is 9. The first-order chi connectivity index (χ1) is 40.2. The van der Waals surface area contributed by atoms with Gasteiger partial charge < -0.3 is 9.13 Å². The first kappa shape index (κ1) is 46.5. The minimum absolute atomic E-state index is 0.433. The summed E-state index contributed by atoms with van der Waals surface area (Å²) in [5.74, 6) is 0. The number of benzene rings is 13. The zero-order valence-electron chi connectivity index (χ0n) is 44.4. The Bertz CT molecular complexity index is 4840. The van der Waals surface area contributed by atoms with Gasteiger partial charge in [0.2, 0.25) is 0 Å². The van der Waals surface area contributed by atoms with Crippen LogP contribution in [-0.2, 0) is 5.41 Å². The molecule has 0 N–H and O–H groups in total. The molecular formula is C79H52N2. The van der Waals surface area contributed by atoms with E-state index in [1.54, 1.807) is 0 Å². The van der Waals surface area contributed by atoms with E-state index in [0.29, 0.717) is 0 Å². The summed E-state index contributed by atoms with van der Waals surface area (Å²) < 4.78 is 4.82. The van der Waals surface area contributed by atoms with Gasteiger partial charge in [-0.15, -0.1) is 0 Å². The third-order valence-corrected chi connectivity index (χ3v) is 17.2. The van der Waals surface area contributed by atoms with Crippen molar-refractivity contribution in [3.05, 3.63) is 338 Å². The summed E-state index contributed by atoms with van der Waals surface area (Å²) in [5, 5.41) is 4.97. The molecule has 0 saturated carbocycles. The fourth-order valence-corrected chi connectivity index (χ4v) is 13.5. The molecule has 16 rings (SSSR count). The molecule has 2 aromatic heterocycles. The van der Waals surface area contributed by atoms with E-state index in [9.17, 15) is 0 Å². The largest absolute Gasteiger partial charge is 0.309 e. The third kappa shape index (κ3) is 7.49. The van der Waals surface area contributed by atoms with Crippen LogP contribution in [0.15, 0.2) is 315 Å². The van der Waals surface area contributed by atoms with Crippen molar-refractivity contribution in [3.8, 4) is 78.1 Å². The van der Waals surface area contributed by atoms with Crippen molar-refractivity contribution < 1.29 is 0 Å². The molecule has 0 atom stereocenters. The standard InChI is InChI=1S/C79H52N2/c1-3-17-53(18-4-1)54-37-43-65(44-38-54)80-75-31-13-9-27-69(75)71-51-61(41-47-77(71)80)62-42-48-78-72(52-62)70-28-10-14-32-76(70)81(78)66-45-39-57(40-46-66)59-20-15-19-58(49-59)55-33-35-56(36-34-55)60-21-16-24-64(50-60)79(63-22-5-2-6-23-63)73-29-11-7-25-67(73)68-26-8-12-30-74(68)79/h1-52H. The molecule has 81 heavy (non-hydrogen) atoms. The SMILES string of the molecule is c1ccc(-c2ccc(-n3c4ccccc4c4cc(-c5ccc6c(c5)c5ccccc5n6-c5ccc(-c6cccc(-c7ccc(-c8cccc(C9(c%10ccccc%10)c%10ccccc%10-c%10ccccc%109)c8)cc7)c6)cc5)ccc43)cc2)cc1. The molecule has 378 valence electrons. The quantitative estimate of drug-likeness (QED) is 0.136. The van der Waals surface area contributed by atoms with Crippen LogP contribution in [0.5, 0.6) is 0 Å². The normalized spacial score (nSPS) is 12.5. The molecule has 2 heterocycles. The van der Waals surface area contributed by atoms with Gasteiger partial charge >= 0.3 is 0 Å². The van der Waals surface area contributed by atoms with Crippen molar-refractivity contribution >= 4 is 43.6 Å². The monoisotopic (exact) mass is 1030 g/mol. The van der Waals surface area contributed by atoms with Gasteiger partial charge in [-0.2, -0.15) is 0 Å². The van der Waals surface area contributed by atoms with Gasteiger partial charge in [0, 0.05) is 32.9 Å². The Labute approximate surface area is 471 Å². The molecule has 0 radical (unpaired) electrons. The van der Waals surface area contributed by atoms with Crippen LogP contribution in [-0.4, -0.2) is 9.13 Å². The van der Waals surface area contributed by atoms with Gasteiger partial charge in [0.1, 0.15) is 0 Å². The molecule has 0 fully saturated rings. The van der Waals surface area contributed by atoms with Gasteiger partial charge in [-0.3, -0.25) is 0 Å². The molecule has 0 aliphatic heterocycles. The van der Waals surface area contributed by atoms with E-state index in [1.807, 2.05) is 0 Å².